The molecule has 1 fully saturated rings. The molecule has 0 N–H and O–H groups in total. The van der Waals surface area contributed by atoms with Crippen LogP contribution in [0.2, 0.25) is 5.02 Å². The minimum absolute atomic E-state index is 0.330. The highest BCUT2D eigenvalue weighted by atomic mass is 79.9. The van der Waals surface area contributed by atoms with E-state index in [0.717, 1.165) is 19.3 Å². The highest BCUT2D eigenvalue weighted by molar-refractivity contribution is 9.11. The van der Waals surface area contributed by atoms with E-state index in [-0.39, 0.29) is 0 Å². The number of sulfonamides is 1. The molecule has 0 saturated carbocycles. The van der Waals surface area contributed by atoms with Gasteiger partial charge in [0.05, 0.1) is 8.81 Å². The molecule has 1 saturated heterocycles. The van der Waals surface area contributed by atoms with Gasteiger partial charge in [-0.3, -0.25) is 0 Å². The van der Waals surface area contributed by atoms with Gasteiger partial charge in [0.25, 0.3) is 10.0 Å². The number of hydrogen-bond acceptors (Lipinski definition) is 3. The summed E-state index contributed by atoms with van der Waals surface area (Å²) < 4.78 is 27.5. The predicted molar refractivity (Wildman–Crippen MR) is 78.8 cm³/mol. The standard InChI is InChI=1S/C11H15BrClNO2S2/c1-2-8-4-3-5-14(7-8)18(15,16)10-6-9(13)11(12)17-10/h6,8H,2-5,7H2,1H3. The zero-order chi connectivity index (χ0) is 13.3. The molecular formula is C11H15BrClNO2S2. The third-order valence-electron chi connectivity index (χ3n) is 3.28. The van der Waals surface area contributed by atoms with Crippen LogP contribution < -0.4 is 0 Å². The molecule has 1 aliphatic rings. The van der Waals surface area contributed by atoms with Crippen LogP contribution in [0, 0.1) is 5.92 Å². The van der Waals surface area contributed by atoms with Crippen molar-refractivity contribution in [2.75, 3.05) is 13.1 Å². The van der Waals surface area contributed by atoms with Crippen LogP contribution in [0.5, 0.6) is 0 Å². The number of halogens is 2. The quantitative estimate of drug-likeness (QED) is 0.805. The van der Waals surface area contributed by atoms with Crippen LogP contribution in [-0.2, 0) is 10.0 Å². The molecule has 1 aromatic rings. The predicted octanol–water partition coefficient (Wildman–Crippen LogP) is 3.97. The van der Waals surface area contributed by atoms with Crippen molar-refractivity contribution in [2.45, 2.75) is 30.4 Å². The molecule has 0 radical (unpaired) electrons. The summed E-state index contributed by atoms with van der Waals surface area (Å²) in [4.78, 5) is 0. The molecule has 2 rings (SSSR count). The van der Waals surface area contributed by atoms with Gasteiger partial charge in [-0.05, 0) is 40.8 Å². The molecular weight excluding hydrogens is 358 g/mol. The summed E-state index contributed by atoms with van der Waals surface area (Å²) in [5.74, 6) is 0.479. The average molecular weight is 373 g/mol. The largest absolute Gasteiger partial charge is 0.252 e. The van der Waals surface area contributed by atoms with Crippen molar-refractivity contribution in [2.24, 2.45) is 5.92 Å². The molecule has 0 bridgehead atoms. The lowest BCUT2D eigenvalue weighted by molar-refractivity contribution is 0.262. The second-order valence-corrected chi connectivity index (χ2v) is 9.41. The van der Waals surface area contributed by atoms with Gasteiger partial charge < -0.3 is 0 Å². The summed E-state index contributed by atoms with van der Waals surface area (Å²) in [6.07, 6.45) is 3.09. The third kappa shape index (κ3) is 2.93. The molecule has 0 spiro atoms. The van der Waals surface area contributed by atoms with Crippen LogP contribution in [0.15, 0.2) is 14.1 Å². The van der Waals surface area contributed by atoms with Crippen molar-refractivity contribution in [3.8, 4) is 0 Å². The maximum absolute atomic E-state index is 12.5. The van der Waals surface area contributed by atoms with E-state index in [2.05, 4.69) is 22.9 Å². The van der Waals surface area contributed by atoms with E-state index in [9.17, 15) is 8.42 Å². The Morgan fingerprint density at radius 1 is 1.61 bits per heavy atom. The molecule has 3 nitrogen and oxygen atoms in total. The molecule has 0 amide bonds. The average Bonchev–Trinajstić information content (AvgIpc) is 2.70. The minimum atomic E-state index is -3.37. The Morgan fingerprint density at radius 2 is 2.33 bits per heavy atom. The normalized spacial score (nSPS) is 22.3. The molecule has 1 aromatic heterocycles. The summed E-state index contributed by atoms with van der Waals surface area (Å²) >= 11 is 10.4. The van der Waals surface area contributed by atoms with Crippen LogP contribution in [0.1, 0.15) is 26.2 Å². The fourth-order valence-corrected chi connectivity index (χ4v) is 6.27. The summed E-state index contributed by atoms with van der Waals surface area (Å²) in [5.41, 5.74) is 0. The number of hydrogen-bond donors (Lipinski definition) is 0. The van der Waals surface area contributed by atoms with E-state index in [0.29, 0.717) is 32.0 Å². The van der Waals surface area contributed by atoms with Crippen LogP contribution in [0.4, 0.5) is 0 Å². The van der Waals surface area contributed by atoms with Gasteiger partial charge >= 0.3 is 0 Å². The Bertz CT molecular complexity index is 510. The van der Waals surface area contributed by atoms with Gasteiger partial charge in [-0.25, -0.2) is 8.42 Å². The van der Waals surface area contributed by atoms with E-state index >= 15 is 0 Å². The summed E-state index contributed by atoms with van der Waals surface area (Å²) in [6, 6.07) is 1.53. The van der Waals surface area contributed by atoms with E-state index in [4.69, 9.17) is 11.6 Å². The van der Waals surface area contributed by atoms with Crippen molar-refractivity contribution in [1.82, 2.24) is 4.31 Å². The second-order valence-electron chi connectivity index (χ2n) is 4.47. The maximum Gasteiger partial charge on any atom is 0.252 e. The van der Waals surface area contributed by atoms with Crippen LogP contribution >= 0.6 is 38.9 Å². The van der Waals surface area contributed by atoms with Crippen molar-refractivity contribution in [3.63, 3.8) is 0 Å². The second kappa shape index (κ2) is 5.79. The highest BCUT2D eigenvalue weighted by Crippen LogP contribution is 2.37. The molecule has 102 valence electrons. The summed E-state index contributed by atoms with van der Waals surface area (Å²) in [7, 11) is -3.37. The van der Waals surface area contributed by atoms with Gasteiger partial charge in [0.15, 0.2) is 0 Å². The van der Waals surface area contributed by atoms with Crippen LogP contribution in [-0.4, -0.2) is 25.8 Å². The van der Waals surface area contributed by atoms with Crippen molar-refractivity contribution < 1.29 is 8.42 Å². The van der Waals surface area contributed by atoms with Crippen molar-refractivity contribution in [3.05, 3.63) is 14.9 Å². The zero-order valence-corrected chi connectivity index (χ0v) is 14.0. The number of thiophene rings is 1. The Hall–Kier alpha value is 0.380. The van der Waals surface area contributed by atoms with Gasteiger partial charge in [0.2, 0.25) is 0 Å². The first kappa shape index (κ1) is 14.8. The number of nitrogens with zero attached hydrogens (tertiary/aromatic N) is 1. The Kier molecular flexibility index (Phi) is 4.75. The first-order valence-electron chi connectivity index (χ1n) is 5.90. The monoisotopic (exact) mass is 371 g/mol. The summed E-state index contributed by atoms with van der Waals surface area (Å²) in [5, 5.41) is 0.461. The molecule has 0 aliphatic carbocycles. The first-order chi connectivity index (χ1) is 8.45. The van der Waals surface area contributed by atoms with Crippen LogP contribution in [0.25, 0.3) is 0 Å². The molecule has 2 heterocycles. The summed E-state index contributed by atoms with van der Waals surface area (Å²) in [6.45, 7) is 3.36. The zero-order valence-electron chi connectivity index (χ0n) is 10.0. The van der Waals surface area contributed by atoms with Gasteiger partial charge in [-0.1, -0.05) is 24.9 Å². The van der Waals surface area contributed by atoms with E-state index in [1.165, 1.54) is 17.4 Å². The van der Waals surface area contributed by atoms with Crippen LogP contribution in [0.3, 0.4) is 0 Å². The van der Waals surface area contributed by atoms with E-state index < -0.39 is 10.0 Å². The number of rotatable bonds is 3. The lowest BCUT2D eigenvalue weighted by Gasteiger charge is -2.30. The van der Waals surface area contributed by atoms with Gasteiger partial charge in [-0.15, -0.1) is 11.3 Å². The third-order valence-corrected chi connectivity index (χ3v) is 8.06. The lowest BCUT2D eigenvalue weighted by Crippen LogP contribution is -2.39. The molecule has 0 aromatic carbocycles. The number of piperidine rings is 1. The highest BCUT2D eigenvalue weighted by Gasteiger charge is 2.31. The molecule has 7 heteroatoms. The maximum atomic E-state index is 12.5. The fraction of sp³-hybridized carbons (Fsp3) is 0.636. The van der Waals surface area contributed by atoms with E-state index in [1.807, 2.05) is 0 Å². The van der Waals surface area contributed by atoms with Gasteiger partial charge in [-0.2, -0.15) is 4.31 Å². The SMILES string of the molecule is CCC1CCCN(S(=O)(=O)c2cc(Cl)c(Br)s2)C1. The van der Waals surface area contributed by atoms with Gasteiger partial charge in [0, 0.05) is 13.1 Å². The smallest absolute Gasteiger partial charge is 0.206 e. The minimum Gasteiger partial charge on any atom is -0.206 e. The van der Waals surface area contributed by atoms with Crippen molar-refractivity contribution in [1.29, 1.82) is 0 Å². The van der Waals surface area contributed by atoms with Crippen molar-refractivity contribution >= 4 is 48.9 Å². The molecule has 1 aliphatic heterocycles. The Labute approximate surface area is 125 Å². The molecule has 1 atom stereocenters. The Balaban J connectivity index is 2.25. The Morgan fingerprint density at radius 3 is 2.89 bits per heavy atom. The van der Waals surface area contributed by atoms with E-state index in [1.54, 1.807) is 4.31 Å². The fourth-order valence-electron chi connectivity index (χ4n) is 2.16. The molecule has 1 unspecified atom stereocenters. The molecule has 18 heavy (non-hydrogen) atoms. The topological polar surface area (TPSA) is 37.4 Å². The first-order valence-corrected chi connectivity index (χ1v) is 9.33. The van der Waals surface area contributed by atoms with Gasteiger partial charge in [0.1, 0.15) is 4.21 Å². The lowest BCUT2D eigenvalue weighted by atomic mass is 9.97.